The molecule has 0 N–H and O–H groups in total. The Balaban J connectivity index is 1.56. The van der Waals surface area contributed by atoms with Crippen molar-refractivity contribution in [3.63, 3.8) is 0 Å². The van der Waals surface area contributed by atoms with Crippen molar-refractivity contribution in [2.24, 2.45) is 29.6 Å². The zero-order valence-electron chi connectivity index (χ0n) is 12.2. The van der Waals surface area contributed by atoms with Crippen LogP contribution in [0.2, 0.25) is 0 Å². The summed E-state index contributed by atoms with van der Waals surface area (Å²) in [4.78, 5) is 22.6. The van der Waals surface area contributed by atoms with E-state index in [4.69, 9.17) is 9.47 Å². The first-order valence-electron chi connectivity index (χ1n) is 7.74. The molecule has 0 heterocycles. The fourth-order valence-corrected chi connectivity index (χ4v) is 4.85. The smallest absolute Gasteiger partial charge is 0.330 e. The average molecular weight is 290 g/mol. The third kappa shape index (κ3) is 2.63. The van der Waals surface area contributed by atoms with Crippen molar-refractivity contribution >= 4 is 11.9 Å². The second-order valence-electron chi connectivity index (χ2n) is 6.57. The molecule has 3 fully saturated rings. The van der Waals surface area contributed by atoms with Gasteiger partial charge in [0.15, 0.2) is 0 Å². The van der Waals surface area contributed by atoms with E-state index in [-0.39, 0.29) is 18.0 Å². The molecule has 3 aliphatic carbocycles. The summed E-state index contributed by atoms with van der Waals surface area (Å²) < 4.78 is 10.7. The van der Waals surface area contributed by atoms with Gasteiger partial charge in [0, 0.05) is 12.2 Å². The molecule has 114 valence electrons. The lowest BCUT2D eigenvalue weighted by molar-refractivity contribution is -0.147. The Morgan fingerprint density at radius 1 is 0.952 bits per heavy atom. The van der Waals surface area contributed by atoms with Gasteiger partial charge in [0.2, 0.25) is 0 Å². The van der Waals surface area contributed by atoms with Crippen molar-refractivity contribution < 1.29 is 19.1 Å². The van der Waals surface area contributed by atoms with Gasteiger partial charge in [-0.2, -0.15) is 0 Å². The fraction of sp³-hybridized carbons (Fsp3) is 0.647. The van der Waals surface area contributed by atoms with Crippen molar-refractivity contribution in [1.82, 2.24) is 0 Å². The maximum atomic E-state index is 11.4. The summed E-state index contributed by atoms with van der Waals surface area (Å²) in [5, 5.41) is 0. The molecule has 3 saturated carbocycles. The molecular weight excluding hydrogens is 268 g/mol. The summed E-state index contributed by atoms with van der Waals surface area (Å²) in [6.45, 7) is 7.37. The highest BCUT2D eigenvalue weighted by Gasteiger charge is 2.57. The minimum atomic E-state index is -0.340. The molecule has 0 aromatic carbocycles. The zero-order chi connectivity index (χ0) is 15.0. The van der Waals surface area contributed by atoms with Crippen molar-refractivity contribution in [1.29, 1.82) is 0 Å². The molecule has 0 radical (unpaired) electrons. The van der Waals surface area contributed by atoms with Gasteiger partial charge in [-0.1, -0.05) is 13.2 Å². The van der Waals surface area contributed by atoms with Crippen LogP contribution in [0, 0.1) is 29.6 Å². The second-order valence-corrected chi connectivity index (χ2v) is 6.57. The SMILES string of the molecule is C=CC(=O)OCC1CC2C3CC(OC(=O)C=C)C(C3)C2C1. The number of ether oxygens (including phenoxy) is 2. The molecule has 2 bridgehead atoms. The van der Waals surface area contributed by atoms with Gasteiger partial charge in [-0.15, -0.1) is 0 Å². The summed E-state index contributed by atoms with van der Waals surface area (Å²) in [5.74, 6) is 2.31. The van der Waals surface area contributed by atoms with Crippen LogP contribution in [-0.2, 0) is 19.1 Å². The Hall–Kier alpha value is -1.58. The fourth-order valence-electron chi connectivity index (χ4n) is 4.85. The maximum absolute atomic E-state index is 11.4. The van der Waals surface area contributed by atoms with Gasteiger partial charge in [0.1, 0.15) is 6.10 Å². The van der Waals surface area contributed by atoms with Crippen molar-refractivity contribution in [3.05, 3.63) is 25.3 Å². The Bertz CT molecular complexity index is 469. The van der Waals surface area contributed by atoms with E-state index in [1.54, 1.807) is 0 Å². The van der Waals surface area contributed by atoms with Crippen molar-refractivity contribution in [2.45, 2.75) is 31.8 Å². The molecule has 21 heavy (non-hydrogen) atoms. The molecule has 0 spiro atoms. The van der Waals surface area contributed by atoms with Crippen LogP contribution in [0.25, 0.3) is 0 Å². The van der Waals surface area contributed by atoms with Gasteiger partial charge >= 0.3 is 11.9 Å². The predicted molar refractivity (Wildman–Crippen MR) is 77.2 cm³/mol. The molecule has 6 unspecified atom stereocenters. The lowest BCUT2D eigenvalue weighted by Gasteiger charge is -2.30. The van der Waals surface area contributed by atoms with Gasteiger partial charge in [-0.05, 0) is 55.3 Å². The molecule has 3 rings (SSSR count). The van der Waals surface area contributed by atoms with Gasteiger partial charge in [-0.3, -0.25) is 0 Å². The number of hydrogen-bond acceptors (Lipinski definition) is 4. The Kier molecular flexibility index (Phi) is 3.87. The van der Waals surface area contributed by atoms with Crippen LogP contribution >= 0.6 is 0 Å². The van der Waals surface area contributed by atoms with Crippen LogP contribution in [0.4, 0.5) is 0 Å². The third-order valence-corrected chi connectivity index (χ3v) is 5.57. The topological polar surface area (TPSA) is 52.6 Å². The Morgan fingerprint density at radius 2 is 1.67 bits per heavy atom. The lowest BCUT2D eigenvalue weighted by Crippen LogP contribution is -2.31. The molecule has 3 aliphatic rings. The molecule has 0 amide bonds. The lowest BCUT2D eigenvalue weighted by atomic mass is 9.80. The minimum Gasteiger partial charge on any atom is -0.462 e. The van der Waals surface area contributed by atoms with E-state index >= 15 is 0 Å². The summed E-state index contributed by atoms with van der Waals surface area (Å²) in [6.07, 6.45) is 6.92. The first-order chi connectivity index (χ1) is 10.1. The number of carbonyl (C=O) groups excluding carboxylic acids is 2. The average Bonchev–Trinajstić information content (AvgIpc) is 3.14. The van der Waals surface area contributed by atoms with E-state index in [1.165, 1.54) is 18.6 Å². The highest BCUT2D eigenvalue weighted by Crippen LogP contribution is 2.60. The second kappa shape index (κ2) is 5.66. The van der Waals surface area contributed by atoms with Crippen LogP contribution in [0.15, 0.2) is 25.3 Å². The van der Waals surface area contributed by atoms with Crippen LogP contribution in [0.3, 0.4) is 0 Å². The number of fused-ring (bicyclic) bond motifs is 5. The van der Waals surface area contributed by atoms with Gasteiger partial charge in [0.25, 0.3) is 0 Å². The number of rotatable bonds is 5. The van der Waals surface area contributed by atoms with E-state index in [2.05, 4.69) is 13.2 Å². The third-order valence-electron chi connectivity index (χ3n) is 5.57. The molecular formula is C17H22O4. The van der Waals surface area contributed by atoms with E-state index in [0.29, 0.717) is 30.3 Å². The molecule has 0 aromatic heterocycles. The van der Waals surface area contributed by atoms with Gasteiger partial charge in [-0.25, -0.2) is 9.59 Å². The summed E-state index contributed by atoms with van der Waals surface area (Å²) in [6, 6.07) is 0. The van der Waals surface area contributed by atoms with Crippen LogP contribution in [0.5, 0.6) is 0 Å². The molecule has 4 heteroatoms. The quantitative estimate of drug-likeness (QED) is 0.576. The summed E-state index contributed by atoms with van der Waals surface area (Å²) in [7, 11) is 0. The standard InChI is InChI=1S/C17H22O4/c1-3-16(18)20-9-10-5-12-11-7-14(13(12)6-10)15(8-11)21-17(19)4-2/h3-4,10-15H,1-2,5-9H2. The summed E-state index contributed by atoms with van der Waals surface area (Å²) >= 11 is 0. The van der Waals surface area contributed by atoms with Gasteiger partial charge in [0.05, 0.1) is 6.61 Å². The van der Waals surface area contributed by atoms with E-state index in [9.17, 15) is 9.59 Å². The van der Waals surface area contributed by atoms with Crippen LogP contribution in [-0.4, -0.2) is 24.6 Å². The Labute approximate surface area is 125 Å². The van der Waals surface area contributed by atoms with E-state index in [1.807, 2.05) is 0 Å². The summed E-state index contributed by atoms with van der Waals surface area (Å²) in [5.41, 5.74) is 0. The number of carbonyl (C=O) groups is 2. The van der Waals surface area contributed by atoms with Crippen LogP contribution < -0.4 is 0 Å². The molecule has 0 aliphatic heterocycles. The van der Waals surface area contributed by atoms with Gasteiger partial charge < -0.3 is 9.47 Å². The molecule has 0 aromatic rings. The molecule has 0 saturated heterocycles. The number of hydrogen-bond donors (Lipinski definition) is 0. The molecule has 4 nitrogen and oxygen atoms in total. The largest absolute Gasteiger partial charge is 0.462 e. The first-order valence-corrected chi connectivity index (χ1v) is 7.74. The maximum Gasteiger partial charge on any atom is 0.330 e. The highest BCUT2D eigenvalue weighted by atomic mass is 16.5. The normalized spacial score (nSPS) is 39.6. The zero-order valence-corrected chi connectivity index (χ0v) is 12.2. The van der Waals surface area contributed by atoms with Crippen LogP contribution in [0.1, 0.15) is 25.7 Å². The van der Waals surface area contributed by atoms with Crippen molar-refractivity contribution in [2.75, 3.05) is 6.61 Å². The number of esters is 2. The molecule has 6 atom stereocenters. The highest BCUT2D eigenvalue weighted by molar-refractivity contribution is 5.81. The minimum absolute atomic E-state index is 0.0659. The van der Waals surface area contributed by atoms with Crippen molar-refractivity contribution in [3.8, 4) is 0 Å². The van der Waals surface area contributed by atoms with E-state index < -0.39 is 0 Å². The Morgan fingerprint density at radius 3 is 2.38 bits per heavy atom. The van der Waals surface area contributed by atoms with E-state index in [0.717, 1.165) is 25.2 Å². The monoisotopic (exact) mass is 290 g/mol. The predicted octanol–water partition coefficient (Wildman–Crippen LogP) is 2.50. The first kappa shape index (κ1) is 14.4.